The van der Waals surface area contributed by atoms with Gasteiger partial charge in [-0.3, -0.25) is 19.8 Å². The molecular weight excluding hydrogens is 344 g/mol. The Morgan fingerprint density at radius 2 is 2.00 bits per heavy atom. The highest BCUT2D eigenvalue weighted by Gasteiger charge is 2.38. The minimum absolute atomic E-state index is 0.138. The second-order valence-corrected chi connectivity index (χ2v) is 7.23. The van der Waals surface area contributed by atoms with Crippen molar-refractivity contribution in [1.29, 1.82) is 0 Å². The van der Waals surface area contributed by atoms with E-state index in [0.29, 0.717) is 5.69 Å². The molecule has 0 radical (unpaired) electrons. The highest BCUT2D eigenvalue weighted by atomic mass is 19.2. The number of benzene rings is 1. The average Bonchev–Trinajstić information content (AvgIpc) is 3.16. The molecule has 2 heterocycles. The van der Waals surface area contributed by atoms with Crippen LogP contribution in [-0.4, -0.2) is 23.0 Å². The van der Waals surface area contributed by atoms with Gasteiger partial charge in [-0.05, 0) is 18.6 Å². The van der Waals surface area contributed by atoms with E-state index in [1.165, 1.54) is 11.0 Å². The summed E-state index contributed by atoms with van der Waals surface area (Å²) in [6, 6.07) is 3.89. The quantitative estimate of drug-likeness (QED) is 0.907. The fraction of sp³-hybridized carbons (Fsp3) is 0.389. The molecule has 1 N–H and O–H groups in total. The van der Waals surface area contributed by atoms with E-state index >= 15 is 0 Å². The molecule has 1 fully saturated rings. The molecule has 1 atom stereocenters. The fourth-order valence-electron chi connectivity index (χ4n) is 2.78. The number of carbonyl (C=O) groups excluding carboxylic acids is 2. The summed E-state index contributed by atoms with van der Waals surface area (Å²) in [5, 5.41) is 6.51. The van der Waals surface area contributed by atoms with Crippen LogP contribution in [0.3, 0.4) is 0 Å². The third-order valence-corrected chi connectivity index (χ3v) is 4.22. The van der Waals surface area contributed by atoms with Gasteiger partial charge in [0.05, 0.1) is 5.69 Å². The van der Waals surface area contributed by atoms with Gasteiger partial charge >= 0.3 is 0 Å². The lowest BCUT2D eigenvalue weighted by molar-refractivity contribution is -0.120. The van der Waals surface area contributed by atoms with Gasteiger partial charge in [-0.2, -0.15) is 0 Å². The van der Waals surface area contributed by atoms with Crippen molar-refractivity contribution in [1.82, 2.24) is 5.16 Å². The highest BCUT2D eigenvalue weighted by Crippen LogP contribution is 2.29. The van der Waals surface area contributed by atoms with Crippen molar-refractivity contribution in [2.75, 3.05) is 10.2 Å². The molecule has 1 aromatic heterocycles. The molecule has 1 aliphatic rings. The smallest absolute Gasteiger partial charge is 0.249 e. The SMILES string of the molecule is CC(C)(C)c1cc(NC(=O)C2CCC(=O)N2c2ccc(F)c(F)c2)on1. The number of anilines is 2. The first-order valence-electron chi connectivity index (χ1n) is 8.22. The largest absolute Gasteiger partial charge is 0.338 e. The van der Waals surface area contributed by atoms with Crippen LogP contribution in [0.25, 0.3) is 0 Å². The first-order chi connectivity index (χ1) is 12.2. The van der Waals surface area contributed by atoms with E-state index in [9.17, 15) is 18.4 Å². The highest BCUT2D eigenvalue weighted by molar-refractivity contribution is 6.07. The molecule has 0 aliphatic carbocycles. The molecule has 1 aromatic carbocycles. The lowest BCUT2D eigenvalue weighted by atomic mass is 9.92. The second kappa shape index (κ2) is 6.51. The molecule has 0 spiro atoms. The molecule has 26 heavy (non-hydrogen) atoms. The first-order valence-corrected chi connectivity index (χ1v) is 8.22. The van der Waals surface area contributed by atoms with Gasteiger partial charge in [0, 0.05) is 29.7 Å². The monoisotopic (exact) mass is 363 g/mol. The molecule has 1 saturated heterocycles. The van der Waals surface area contributed by atoms with Crippen LogP contribution < -0.4 is 10.2 Å². The number of carbonyl (C=O) groups is 2. The van der Waals surface area contributed by atoms with E-state index in [-0.39, 0.29) is 35.7 Å². The summed E-state index contributed by atoms with van der Waals surface area (Å²) < 4.78 is 31.8. The van der Waals surface area contributed by atoms with E-state index < -0.39 is 23.6 Å². The second-order valence-electron chi connectivity index (χ2n) is 7.23. The van der Waals surface area contributed by atoms with Crippen LogP contribution in [0.2, 0.25) is 0 Å². The standard InChI is InChI=1S/C18H19F2N3O3/c1-18(2,3)14-9-15(26-22-14)21-17(25)13-6-7-16(24)23(13)10-4-5-11(19)12(20)8-10/h4-5,8-9,13H,6-7H2,1-3H3,(H,21,25). The molecule has 2 amide bonds. The fourth-order valence-corrected chi connectivity index (χ4v) is 2.78. The van der Waals surface area contributed by atoms with Crippen LogP contribution in [0.1, 0.15) is 39.3 Å². The van der Waals surface area contributed by atoms with Crippen molar-refractivity contribution < 1.29 is 22.9 Å². The molecule has 8 heteroatoms. The summed E-state index contributed by atoms with van der Waals surface area (Å²) in [5.41, 5.74) is 0.570. The predicted octanol–water partition coefficient (Wildman–Crippen LogP) is 3.38. The Morgan fingerprint density at radius 3 is 2.62 bits per heavy atom. The summed E-state index contributed by atoms with van der Waals surface area (Å²) in [7, 11) is 0. The molecule has 0 saturated carbocycles. The van der Waals surface area contributed by atoms with Crippen LogP contribution >= 0.6 is 0 Å². The van der Waals surface area contributed by atoms with Gasteiger partial charge in [0.1, 0.15) is 6.04 Å². The van der Waals surface area contributed by atoms with Crippen LogP contribution in [0.4, 0.5) is 20.4 Å². The van der Waals surface area contributed by atoms with E-state index in [2.05, 4.69) is 10.5 Å². The van der Waals surface area contributed by atoms with Gasteiger partial charge in [-0.15, -0.1) is 0 Å². The summed E-state index contributed by atoms with van der Waals surface area (Å²) >= 11 is 0. The Bertz CT molecular complexity index is 858. The van der Waals surface area contributed by atoms with E-state index in [4.69, 9.17) is 4.52 Å². The molecule has 0 bridgehead atoms. The van der Waals surface area contributed by atoms with Crippen LogP contribution in [0, 0.1) is 11.6 Å². The van der Waals surface area contributed by atoms with E-state index in [0.717, 1.165) is 12.1 Å². The number of aromatic nitrogens is 1. The molecule has 138 valence electrons. The van der Waals surface area contributed by atoms with Crippen molar-refractivity contribution in [3.63, 3.8) is 0 Å². The minimum atomic E-state index is -1.08. The van der Waals surface area contributed by atoms with Gasteiger partial charge in [0.2, 0.25) is 17.7 Å². The maximum absolute atomic E-state index is 13.5. The number of hydrogen-bond acceptors (Lipinski definition) is 4. The van der Waals surface area contributed by atoms with Gasteiger partial charge < -0.3 is 4.52 Å². The summed E-state index contributed by atoms with van der Waals surface area (Å²) in [5.74, 6) is -2.73. The van der Waals surface area contributed by atoms with E-state index in [1.54, 1.807) is 6.07 Å². The Balaban J connectivity index is 1.80. The predicted molar refractivity (Wildman–Crippen MR) is 90.7 cm³/mol. The van der Waals surface area contributed by atoms with E-state index in [1.807, 2.05) is 20.8 Å². The number of rotatable bonds is 3. The number of hydrogen-bond donors (Lipinski definition) is 1. The first kappa shape index (κ1) is 18.0. The van der Waals surface area contributed by atoms with Gasteiger partial charge in [0.25, 0.3) is 0 Å². The minimum Gasteiger partial charge on any atom is -0.338 e. The zero-order valence-electron chi connectivity index (χ0n) is 14.7. The summed E-state index contributed by atoms with van der Waals surface area (Å²) in [4.78, 5) is 25.9. The average molecular weight is 363 g/mol. The Kier molecular flexibility index (Phi) is 4.52. The molecule has 1 aliphatic heterocycles. The van der Waals surface area contributed by atoms with Crippen molar-refractivity contribution >= 4 is 23.4 Å². The maximum Gasteiger partial charge on any atom is 0.249 e. The Hall–Kier alpha value is -2.77. The normalized spacial score (nSPS) is 17.7. The molecular formula is C18H19F2N3O3. The molecule has 1 unspecified atom stereocenters. The summed E-state index contributed by atoms with van der Waals surface area (Å²) in [6.07, 6.45) is 0.407. The van der Waals surface area contributed by atoms with Crippen molar-refractivity contribution in [3.05, 3.63) is 41.6 Å². The number of nitrogens with one attached hydrogen (secondary N) is 1. The maximum atomic E-state index is 13.5. The lowest BCUT2D eigenvalue weighted by Gasteiger charge is -2.23. The molecule has 2 aromatic rings. The number of halogens is 2. The molecule has 6 nitrogen and oxygen atoms in total. The zero-order valence-corrected chi connectivity index (χ0v) is 14.7. The lowest BCUT2D eigenvalue weighted by Crippen LogP contribution is -2.41. The number of nitrogens with zero attached hydrogens (tertiary/aromatic N) is 2. The molecule has 3 rings (SSSR count). The van der Waals surface area contributed by atoms with Crippen molar-refractivity contribution in [3.8, 4) is 0 Å². The van der Waals surface area contributed by atoms with Crippen molar-refractivity contribution in [2.24, 2.45) is 0 Å². The summed E-state index contributed by atoms with van der Waals surface area (Å²) in [6.45, 7) is 5.87. The van der Waals surface area contributed by atoms with Gasteiger partial charge in [-0.1, -0.05) is 25.9 Å². The third-order valence-electron chi connectivity index (χ3n) is 4.22. The van der Waals surface area contributed by atoms with Crippen LogP contribution in [0.15, 0.2) is 28.8 Å². The van der Waals surface area contributed by atoms with Crippen LogP contribution in [-0.2, 0) is 15.0 Å². The Morgan fingerprint density at radius 1 is 1.27 bits per heavy atom. The zero-order chi connectivity index (χ0) is 19.1. The van der Waals surface area contributed by atoms with Crippen molar-refractivity contribution in [2.45, 2.75) is 45.1 Å². The van der Waals surface area contributed by atoms with Gasteiger partial charge in [0.15, 0.2) is 11.6 Å². The number of amides is 2. The third kappa shape index (κ3) is 3.44. The van der Waals surface area contributed by atoms with Gasteiger partial charge in [-0.25, -0.2) is 8.78 Å². The Labute approximate surface area is 149 Å². The van der Waals surface area contributed by atoms with Crippen LogP contribution in [0.5, 0.6) is 0 Å². The topological polar surface area (TPSA) is 75.4 Å².